The third-order valence-electron chi connectivity index (χ3n) is 13.1. The number of fused-ring (bicyclic) bond motifs is 7. The van der Waals surface area contributed by atoms with E-state index >= 15 is 0 Å². The number of methoxy groups -OCH3 is 1. The summed E-state index contributed by atoms with van der Waals surface area (Å²) >= 11 is 0. The second-order valence-corrected chi connectivity index (χ2v) is 14.6. The molecule has 1 heterocycles. The summed E-state index contributed by atoms with van der Waals surface area (Å²) in [5.41, 5.74) is 1.33. The number of carbonyl (C=O) groups excluding carboxylic acids is 2. The van der Waals surface area contributed by atoms with Crippen LogP contribution in [0.25, 0.3) is 0 Å². The minimum atomic E-state index is -0.326. The largest absolute Gasteiger partial charge is 0.469 e. The summed E-state index contributed by atoms with van der Waals surface area (Å²) in [6, 6.07) is 0. The molecule has 0 aromatic heterocycles. The first-order valence-corrected chi connectivity index (χ1v) is 14.3. The molecule has 1 amide bonds. The third kappa shape index (κ3) is 3.16. The van der Waals surface area contributed by atoms with E-state index in [1.807, 2.05) is 0 Å². The van der Waals surface area contributed by atoms with Crippen LogP contribution in [-0.4, -0.2) is 24.5 Å². The predicted octanol–water partition coefficient (Wildman–Crippen LogP) is 6.69. The second kappa shape index (κ2) is 7.84. The number of carbonyl (C=O) groups is 2. The fourth-order valence-corrected chi connectivity index (χ4v) is 11.5. The Labute approximate surface area is 213 Å². The molecule has 0 unspecified atom stereocenters. The molecule has 0 bridgehead atoms. The minimum absolute atomic E-state index is 0.0337. The topological polar surface area (TPSA) is 55.4 Å². The van der Waals surface area contributed by atoms with Crippen molar-refractivity contribution in [3.05, 3.63) is 12.2 Å². The number of rotatable bonds is 2. The molecule has 0 spiro atoms. The Bertz CT molecular complexity index is 940. The molecule has 4 nitrogen and oxygen atoms in total. The van der Waals surface area contributed by atoms with Crippen LogP contribution in [0.4, 0.5) is 0 Å². The molecule has 4 aliphatic carbocycles. The van der Waals surface area contributed by atoms with Crippen LogP contribution in [0.15, 0.2) is 12.2 Å². The molecule has 5 aliphatic rings. The van der Waals surface area contributed by atoms with Crippen molar-refractivity contribution < 1.29 is 14.3 Å². The smallest absolute Gasteiger partial charge is 0.312 e. The molecule has 0 radical (unpaired) electrons. The van der Waals surface area contributed by atoms with Crippen LogP contribution in [-0.2, 0) is 14.3 Å². The summed E-state index contributed by atoms with van der Waals surface area (Å²) in [6.45, 7) is 18.8. The third-order valence-corrected chi connectivity index (χ3v) is 13.1. The Morgan fingerprint density at radius 2 is 1.63 bits per heavy atom. The number of esters is 1. The number of amides is 1. The van der Waals surface area contributed by atoms with E-state index in [9.17, 15) is 9.59 Å². The van der Waals surface area contributed by atoms with Crippen molar-refractivity contribution in [2.75, 3.05) is 7.11 Å². The summed E-state index contributed by atoms with van der Waals surface area (Å²) in [5, 5.41) is 3.39. The van der Waals surface area contributed by atoms with Crippen molar-refractivity contribution in [2.24, 2.45) is 51.2 Å². The average Bonchev–Trinajstić information content (AvgIpc) is 3.14. The SMILES string of the molecule is C=C(C)[C@@H]1CC[C@]2(C(=O)OC)CC[C@]3(C)[C@H](CC[C@@H]4[C@@]5(C)CCC(=O)NC(C)(C)[C@@H]5CC[C@]43C)[C@@H]12. The highest BCUT2D eigenvalue weighted by Crippen LogP contribution is 2.76. The fourth-order valence-electron chi connectivity index (χ4n) is 11.5. The van der Waals surface area contributed by atoms with Crippen LogP contribution in [0.3, 0.4) is 0 Å². The molecule has 9 atom stereocenters. The van der Waals surface area contributed by atoms with Crippen molar-refractivity contribution in [2.45, 2.75) is 111 Å². The lowest BCUT2D eigenvalue weighted by atomic mass is 9.33. The van der Waals surface area contributed by atoms with Crippen LogP contribution in [0.2, 0.25) is 0 Å². The van der Waals surface area contributed by atoms with Crippen LogP contribution >= 0.6 is 0 Å². The highest BCUT2D eigenvalue weighted by molar-refractivity contribution is 5.78. The van der Waals surface area contributed by atoms with Crippen molar-refractivity contribution in [3.63, 3.8) is 0 Å². The summed E-state index contributed by atoms with van der Waals surface area (Å²) < 4.78 is 5.49. The molecule has 0 aromatic carbocycles. The molecule has 1 N–H and O–H groups in total. The summed E-state index contributed by atoms with van der Waals surface area (Å²) in [6.07, 6.45) is 10.5. The zero-order valence-electron chi connectivity index (χ0n) is 23.4. The average molecular weight is 484 g/mol. The maximum Gasteiger partial charge on any atom is 0.312 e. The van der Waals surface area contributed by atoms with Gasteiger partial charge in [-0.15, -0.1) is 0 Å². The Hall–Kier alpha value is -1.32. The lowest BCUT2D eigenvalue weighted by molar-refractivity contribution is -0.226. The van der Waals surface area contributed by atoms with E-state index in [4.69, 9.17) is 4.74 Å². The quantitative estimate of drug-likeness (QED) is 0.352. The van der Waals surface area contributed by atoms with Gasteiger partial charge in [-0.3, -0.25) is 9.59 Å². The maximum atomic E-state index is 13.4. The van der Waals surface area contributed by atoms with Gasteiger partial charge in [0.1, 0.15) is 0 Å². The molecule has 0 aromatic rings. The van der Waals surface area contributed by atoms with E-state index in [1.165, 1.54) is 31.3 Å². The van der Waals surface area contributed by atoms with Gasteiger partial charge in [-0.05, 0) is 124 Å². The Morgan fingerprint density at radius 3 is 2.29 bits per heavy atom. The molecular weight excluding hydrogens is 434 g/mol. The highest BCUT2D eigenvalue weighted by Gasteiger charge is 2.71. The van der Waals surface area contributed by atoms with Crippen molar-refractivity contribution in [3.8, 4) is 0 Å². The summed E-state index contributed by atoms with van der Waals surface area (Å²) in [4.78, 5) is 26.1. The standard InChI is InChI=1S/C31H49NO3/c1-19(2)20-11-16-31(26(34)35-8)18-17-29(6)21(25(20)31)9-10-23-28(5)14-13-24(33)32-27(3,4)22(28)12-15-30(23,29)7/h20-23,25H,1,9-18H2,2-8H3,(H,32,33)/t20-,21+,22-,23+,25+,28-,29+,30+,31-/m0/s1. The second-order valence-electron chi connectivity index (χ2n) is 14.6. The Morgan fingerprint density at radius 1 is 0.914 bits per heavy atom. The van der Waals surface area contributed by atoms with Crippen molar-refractivity contribution in [1.82, 2.24) is 5.32 Å². The van der Waals surface area contributed by atoms with Gasteiger partial charge in [-0.25, -0.2) is 0 Å². The molecule has 35 heavy (non-hydrogen) atoms. The summed E-state index contributed by atoms with van der Waals surface area (Å²) in [7, 11) is 1.58. The van der Waals surface area contributed by atoms with Crippen molar-refractivity contribution in [1.29, 1.82) is 0 Å². The number of ether oxygens (including phenoxy) is 1. The van der Waals surface area contributed by atoms with Crippen molar-refractivity contribution >= 4 is 11.9 Å². The van der Waals surface area contributed by atoms with Gasteiger partial charge < -0.3 is 10.1 Å². The van der Waals surface area contributed by atoms with Crippen LogP contribution in [0.5, 0.6) is 0 Å². The predicted molar refractivity (Wildman–Crippen MR) is 139 cm³/mol. The van der Waals surface area contributed by atoms with Gasteiger partial charge in [0.2, 0.25) is 5.91 Å². The zero-order valence-corrected chi connectivity index (χ0v) is 23.4. The van der Waals surface area contributed by atoms with Gasteiger partial charge in [0.05, 0.1) is 12.5 Å². The van der Waals surface area contributed by atoms with Gasteiger partial charge >= 0.3 is 5.97 Å². The van der Waals surface area contributed by atoms with Crippen LogP contribution in [0, 0.1) is 51.2 Å². The maximum absolute atomic E-state index is 13.4. The Kier molecular flexibility index (Phi) is 5.67. The van der Waals surface area contributed by atoms with Gasteiger partial charge in [-0.1, -0.05) is 32.9 Å². The minimum Gasteiger partial charge on any atom is -0.469 e. The highest BCUT2D eigenvalue weighted by atomic mass is 16.5. The van der Waals surface area contributed by atoms with Crippen LogP contribution in [0.1, 0.15) is 106 Å². The van der Waals surface area contributed by atoms with Gasteiger partial charge in [0, 0.05) is 12.0 Å². The first kappa shape index (κ1) is 25.3. The van der Waals surface area contributed by atoms with E-state index in [-0.39, 0.29) is 39.1 Å². The number of hydrogen-bond acceptors (Lipinski definition) is 3. The van der Waals surface area contributed by atoms with Gasteiger partial charge in [-0.2, -0.15) is 0 Å². The molecule has 1 aliphatic heterocycles. The van der Waals surface area contributed by atoms with E-state index in [2.05, 4.69) is 53.4 Å². The normalized spacial score (nSPS) is 50.5. The van der Waals surface area contributed by atoms with Gasteiger partial charge in [0.15, 0.2) is 0 Å². The van der Waals surface area contributed by atoms with E-state index < -0.39 is 0 Å². The number of nitrogens with one attached hydrogen (secondary N) is 1. The molecule has 5 rings (SSSR count). The first-order valence-electron chi connectivity index (χ1n) is 14.3. The molecule has 4 heteroatoms. The summed E-state index contributed by atoms with van der Waals surface area (Å²) in [5.74, 6) is 2.67. The van der Waals surface area contributed by atoms with E-state index in [1.54, 1.807) is 7.11 Å². The lowest BCUT2D eigenvalue weighted by Gasteiger charge is -2.71. The van der Waals surface area contributed by atoms with Gasteiger partial charge in [0.25, 0.3) is 0 Å². The number of hydrogen-bond donors (Lipinski definition) is 1. The molecule has 4 saturated carbocycles. The monoisotopic (exact) mass is 483 g/mol. The van der Waals surface area contributed by atoms with E-state index in [0.717, 1.165) is 32.1 Å². The number of allylic oxidation sites excluding steroid dienone is 1. The van der Waals surface area contributed by atoms with E-state index in [0.29, 0.717) is 36.0 Å². The molecule has 5 fully saturated rings. The molecular formula is C31H49NO3. The Balaban J connectivity index is 1.57. The van der Waals surface area contributed by atoms with Crippen LogP contribution < -0.4 is 5.32 Å². The molecule has 1 saturated heterocycles. The first-order chi connectivity index (χ1) is 16.3. The fraction of sp³-hybridized carbons (Fsp3) is 0.871. The zero-order chi connectivity index (χ0) is 25.6. The lowest BCUT2D eigenvalue weighted by Crippen LogP contribution is -2.66. The molecule has 196 valence electrons.